The molecule has 0 aliphatic rings. The van der Waals surface area contributed by atoms with Crippen molar-refractivity contribution in [2.24, 2.45) is 0 Å². The average Bonchev–Trinajstić information content (AvgIpc) is 2.61. The molecule has 0 saturated heterocycles. The Morgan fingerprint density at radius 3 is 2.59 bits per heavy atom. The van der Waals surface area contributed by atoms with E-state index in [0.29, 0.717) is 11.4 Å². The van der Waals surface area contributed by atoms with Gasteiger partial charge in [0.1, 0.15) is 10.8 Å². The molecule has 0 aliphatic carbocycles. The SMILES string of the molecule is CCS(=O)(=O)Cc1nc(C(C)C)c(CC#N)s1. The third-order valence-electron chi connectivity index (χ3n) is 2.34. The van der Waals surface area contributed by atoms with Crippen molar-refractivity contribution in [2.45, 2.75) is 38.9 Å². The van der Waals surface area contributed by atoms with Crippen molar-refractivity contribution in [3.8, 4) is 6.07 Å². The van der Waals surface area contributed by atoms with Gasteiger partial charge in [-0.25, -0.2) is 13.4 Å². The maximum absolute atomic E-state index is 11.5. The van der Waals surface area contributed by atoms with E-state index < -0.39 is 9.84 Å². The topological polar surface area (TPSA) is 70.8 Å². The zero-order valence-corrected chi connectivity index (χ0v) is 11.9. The summed E-state index contributed by atoms with van der Waals surface area (Å²) in [5.41, 5.74) is 0.859. The van der Waals surface area contributed by atoms with Crippen LogP contribution in [0.15, 0.2) is 0 Å². The van der Waals surface area contributed by atoms with Crippen molar-refractivity contribution in [2.75, 3.05) is 5.75 Å². The van der Waals surface area contributed by atoms with Crippen LogP contribution in [0.1, 0.15) is 42.3 Å². The Bertz CT molecular complexity index is 524. The van der Waals surface area contributed by atoms with Crippen molar-refractivity contribution >= 4 is 21.2 Å². The maximum Gasteiger partial charge on any atom is 0.156 e. The first kappa shape index (κ1) is 14.1. The first-order valence-corrected chi connectivity index (χ1v) is 8.09. The molecule has 0 atom stereocenters. The minimum atomic E-state index is -3.05. The van der Waals surface area contributed by atoms with E-state index in [-0.39, 0.29) is 17.4 Å². The van der Waals surface area contributed by atoms with Gasteiger partial charge >= 0.3 is 0 Å². The summed E-state index contributed by atoms with van der Waals surface area (Å²) in [7, 11) is -3.05. The molecule has 0 bridgehead atoms. The number of sulfone groups is 1. The van der Waals surface area contributed by atoms with Crippen LogP contribution in [-0.4, -0.2) is 19.2 Å². The number of aromatic nitrogens is 1. The minimum absolute atomic E-state index is 0.0146. The van der Waals surface area contributed by atoms with Gasteiger partial charge in [-0.05, 0) is 5.92 Å². The van der Waals surface area contributed by atoms with Crippen LogP contribution in [0.25, 0.3) is 0 Å². The fourth-order valence-corrected chi connectivity index (χ4v) is 3.79. The first-order valence-electron chi connectivity index (χ1n) is 5.45. The lowest BCUT2D eigenvalue weighted by atomic mass is 10.1. The van der Waals surface area contributed by atoms with Crippen molar-refractivity contribution in [3.63, 3.8) is 0 Å². The molecule has 1 heterocycles. The highest BCUT2D eigenvalue weighted by Crippen LogP contribution is 2.26. The number of nitriles is 1. The Labute approximate surface area is 106 Å². The largest absolute Gasteiger partial charge is 0.245 e. The number of rotatable bonds is 5. The molecule has 1 aromatic heterocycles. The quantitative estimate of drug-likeness (QED) is 0.824. The van der Waals surface area contributed by atoms with Crippen molar-refractivity contribution in [3.05, 3.63) is 15.6 Å². The van der Waals surface area contributed by atoms with Gasteiger partial charge in [0, 0.05) is 10.6 Å². The van der Waals surface area contributed by atoms with Gasteiger partial charge in [0.2, 0.25) is 0 Å². The summed E-state index contributed by atoms with van der Waals surface area (Å²) in [6.45, 7) is 5.62. The van der Waals surface area contributed by atoms with Crippen molar-refractivity contribution in [1.82, 2.24) is 4.98 Å². The van der Waals surface area contributed by atoms with Crippen LogP contribution < -0.4 is 0 Å². The number of nitrogens with zero attached hydrogens (tertiary/aromatic N) is 2. The van der Waals surface area contributed by atoms with Crippen LogP contribution in [0.5, 0.6) is 0 Å². The smallest absolute Gasteiger partial charge is 0.156 e. The molecule has 6 heteroatoms. The van der Waals surface area contributed by atoms with Crippen LogP contribution in [-0.2, 0) is 22.0 Å². The summed E-state index contributed by atoms with van der Waals surface area (Å²) in [4.78, 5) is 5.24. The predicted molar refractivity (Wildman–Crippen MR) is 68.7 cm³/mol. The lowest BCUT2D eigenvalue weighted by Crippen LogP contribution is -2.06. The summed E-state index contributed by atoms with van der Waals surface area (Å²) in [6.07, 6.45) is 0.303. The van der Waals surface area contributed by atoms with E-state index in [1.165, 1.54) is 11.3 Å². The lowest BCUT2D eigenvalue weighted by molar-refractivity contribution is 0.596. The molecule has 0 N–H and O–H groups in total. The van der Waals surface area contributed by atoms with Crippen LogP contribution in [0, 0.1) is 11.3 Å². The number of thiazole rings is 1. The van der Waals surface area contributed by atoms with Crippen LogP contribution in [0.4, 0.5) is 0 Å². The molecule has 0 amide bonds. The highest BCUT2D eigenvalue weighted by Gasteiger charge is 2.17. The second kappa shape index (κ2) is 5.61. The highest BCUT2D eigenvalue weighted by atomic mass is 32.2. The van der Waals surface area contributed by atoms with E-state index in [2.05, 4.69) is 11.1 Å². The molecule has 0 aromatic carbocycles. The highest BCUT2D eigenvalue weighted by molar-refractivity contribution is 7.90. The van der Waals surface area contributed by atoms with Crippen molar-refractivity contribution in [1.29, 1.82) is 5.26 Å². The molecule has 0 unspecified atom stereocenters. The summed E-state index contributed by atoms with van der Waals surface area (Å²) >= 11 is 1.34. The maximum atomic E-state index is 11.5. The Kier molecular flexibility index (Phi) is 4.66. The van der Waals surface area contributed by atoms with Gasteiger partial charge in [0.25, 0.3) is 0 Å². The van der Waals surface area contributed by atoms with Gasteiger partial charge in [0.05, 0.1) is 18.2 Å². The van der Waals surface area contributed by atoms with Gasteiger partial charge in [-0.2, -0.15) is 5.26 Å². The molecular formula is C11H16N2O2S2. The zero-order valence-electron chi connectivity index (χ0n) is 10.2. The Hall–Kier alpha value is -0.930. The van der Waals surface area contributed by atoms with Gasteiger partial charge in [0.15, 0.2) is 9.84 Å². The van der Waals surface area contributed by atoms with Gasteiger partial charge in [-0.3, -0.25) is 0 Å². The summed E-state index contributed by atoms with van der Waals surface area (Å²) in [5, 5.41) is 9.32. The molecule has 4 nitrogen and oxygen atoms in total. The van der Waals surface area contributed by atoms with E-state index >= 15 is 0 Å². The summed E-state index contributed by atoms with van der Waals surface area (Å²) < 4.78 is 23.0. The molecule has 0 spiro atoms. The molecule has 17 heavy (non-hydrogen) atoms. The minimum Gasteiger partial charge on any atom is -0.245 e. The Balaban J connectivity index is 3.05. The third-order valence-corrected chi connectivity index (χ3v) is 5.19. The molecule has 0 saturated carbocycles. The Morgan fingerprint density at radius 2 is 2.12 bits per heavy atom. The van der Waals surface area contributed by atoms with Crippen LogP contribution in [0.2, 0.25) is 0 Å². The second-order valence-electron chi connectivity index (χ2n) is 4.08. The first-order chi connectivity index (χ1) is 7.89. The Morgan fingerprint density at radius 1 is 1.47 bits per heavy atom. The molecule has 0 aliphatic heterocycles. The second-order valence-corrected chi connectivity index (χ2v) is 7.60. The monoisotopic (exact) mass is 272 g/mol. The van der Waals surface area contributed by atoms with Crippen molar-refractivity contribution < 1.29 is 8.42 Å². The van der Waals surface area contributed by atoms with Gasteiger partial charge in [-0.1, -0.05) is 20.8 Å². The van der Waals surface area contributed by atoms with E-state index in [1.54, 1.807) is 6.92 Å². The van der Waals surface area contributed by atoms with Crippen LogP contribution >= 0.6 is 11.3 Å². The lowest BCUT2D eigenvalue weighted by Gasteiger charge is -2.01. The molecule has 1 rings (SSSR count). The molecule has 0 radical (unpaired) electrons. The molecule has 94 valence electrons. The fraction of sp³-hybridized carbons (Fsp3) is 0.636. The van der Waals surface area contributed by atoms with E-state index in [9.17, 15) is 8.42 Å². The van der Waals surface area contributed by atoms with E-state index in [4.69, 9.17) is 5.26 Å². The van der Waals surface area contributed by atoms with Gasteiger partial charge in [-0.15, -0.1) is 11.3 Å². The number of hydrogen-bond donors (Lipinski definition) is 0. The predicted octanol–water partition coefficient (Wildman–Crippen LogP) is 2.27. The fourth-order valence-electron chi connectivity index (χ4n) is 1.42. The zero-order chi connectivity index (χ0) is 13.1. The van der Waals surface area contributed by atoms with Gasteiger partial charge < -0.3 is 0 Å². The number of hydrogen-bond acceptors (Lipinski definition) is 5. The molecule has 1 aromatic rings. The summed E-state index contributed by atoms with van der Waals surface area (Å²) in [6, 6.07) is 2.09. The standard InChI is InChI=1S/C11H16N2O2S2/c1-4-17(14,15)7-10-13-11(8(2)3)9(16-10)5-6-12/h8H,4-5,7H2,1-3H3. The molecular weight excluding hydrogens is 256 g/mol. The normalized spacial score (nSPS) is 11.7. The third kappa shape index (κ3) is 3.79. The van der Waals surface area contributed by atoms with E-state index in [1.807, 2.05) is 13.8 Å². The van der Waals surface area contributed by atoms with Crippen LogP contribution in [0.3, 0.4) is 0 Å². The molecule has 0 fully saturated rings. The average molecular weight is 272 g/mol. The van der Waals surface area contributed by atoms with E-state index in [0.717, 1.165) is 10.6 Å². The summed E-state index contributed by atoms with van der Waals surface area (Å²) in [5.74, 6) is 0.323.